The van der Waals surface area contributed by atoms with Crippen LogP contribution in [0, 0.1) is 5.41 Å². The zero-order valence-corrected chi connectivity index (χ0v) is 7.45. The quantitative estimate of drug-likeness (QED) is 0.718. The molecule has 0 radical (unpaired) electrons. The van der Waals surface area contributed by atoms with E-state index in [1.54, 1.807) is 0 Å². The Morgan fingerprint density at radius 2 is 2.33 bits per heavy atom. The smallest absolute Gasteiger partial charge is 0.0491 e. The number of rotatable bonds is 3. The molecule has 0 aromatic carbocycles. The van der Waals surface area contributed by atoms with Gasteiger partial charge in [-0.1, -0.05) is 0 Å². The fourth-order valence-electron chi connectivity index (χ4n) is 1.63. The lowest BCUT2D eigenvalue weighted by molar-refractivity contribution is 0.209. The minimum atomic E-state index is 0.242. The Kier molecular flexibility index (Phi) is 1.72. The van der Waals surface area contributed by atoms with Gasteiger partial charge in [-0.2, -0.15) is 0 Å². The van der Waals surface area contributed by atoms with Crippen LogP contribution in [-0.4, -0.2) is 16.3 Å². The third-order valence-corrected chi connectivity index (χ3v) is 2.90. The van der Waals surface area contributed by atoms with E-state index in [1.807, 2.05) is 0 Å². The van der Waals surface area contributed by atoms with Crippen molar-refractivity contribution in [2.24, 2.45) is 12.5 Å². The fourth-order valence-corrected chi connectivity index (χ4v) is 1.63. The summed E-state index contributed by atoms with van der Waals surface area (Å²) < 4.78 is 2.13. The van der Waals surface area contributed by atoms with Crippen LogP contribution in [0.5, 0.6) is 0 Å². The maximum atomic E-state index is 9.14. The summed E-state index contributed by atoms with van der Waals surface area (Å²) in [5.74, 6) is 0. The van der Waals surface area contributed by atoms with Gasteiger partial charge in [-0.15, -0.1) is 0 Å². The Morgan fingerprint density at radius 1 is 1.58 bits per heavy atom. The molecular weight excluding hydrogens is 150 g/mol. The maximum absolute atomic E-state index is 9.14. The predicted molar refractivity (Wildman–Crippen MR) is 47.9 cm³/mol. The van der Waals surface area contributed by atoms with E-state index in [2.05, 4.69) is 29.9 Å². The molecule has 0 aliphatic heterocycles. The lowest BCUT2D eigenvalue weighted by atomic mass is 10.0. The van der Waals surface area contributed by atoms with E-state index >= 15 is 0 Å². The molecule has 1 N–H and O–H groups in total. The van der Waals surface area contributed by atoms with Gasteiger partial charge in [-0.3, -0.25) is 0 Å². The summed E-state index contributed by atoms with van der Waals surface area (Å²) >= 11 is 0. The van der Waals surface area contributed by atoms with Crippen molar-refractivity contribution in [3.8, 4) is 0 Å². The molecule has 1 aliphatic carbocycles. The van der Waals surface area contributed by atoms with Crippen molar-refractivity contribution in [3.05, 3.63) is 24.0 Å². The minimum Gasteiger partial charge on any atom is -0.396 e. The highest BCUT2D eigenvalue weighted by Gasteiger charge is 2.42. The van der Waals surface area contributed by atoms with Gasteiger partial charge in [0, 0.05) is 25.5 Å². The van der Waals surface area contributed by atoms with Crippen LogP contribution in [0.4, 0.5) is 0 Å². The molecule has 0 atom stereocenters. The number of hydrogen-bond acceptors (Lipinski definition) is 1. The second kappa shape index (κ2) is 2.63. The number of aliphatic hydroxyl groups excluding tert-OH is 1. The van der Waals surface area contributed by atoms with Crippen molar-refractivity contribution in [3.63, 3.8) is 0 Å². The summed E-state index contributed by atoms with van der Waals surface area (Å²) in [6, 6.07) is 4.19. The van der Waals surface area contributed by atoms with Gasteiger partial charge in [0.15, 0.2) is 0 Å². The first-order valence-corrected chi connectivity index (χ1v) is 4.47. The molecular formula is C10H15NO. The van der Waals surface area contributed by atoms with E-state index in [0.717, 1.165) is 6.42 Å². The molecule has 1 heterocycles. The molecule has 1 aliphatic rings. The molecule has 0 unspecified atom stereocenters. The van der Waals surface area contributed by atoms with Crippen LogP contribution >= 0.6 is 0 Å². The van der Waals surface area contributed by atoms with Gasteiger partial charge in [0.05, 0.1) is 0 Å². The van der Waals surface area contributed by atoms with Gasteiger partial charge in [0.2, 0.25) is 0 Å². The number of nitrogens with zero attached hydrogens (tertiary/aromatic N) is 1. The minimum absolute atomic E-state index is 0.242. The van der Waals surface area contributed by atoms with Crippen LogP contribution in [0.1, 0.15) is 18.5 Å². The molecule has 1 fully saturated rings. The van der Waals surface area contributed by atoms with Crippen molar-refractivity contribution in [1.82, 2.24) is 4.57 Å². The van der Waals surface area contributed by atoms with E-state index in [0.29, 0.717) is 6.61 Å². The summed E-state index contributed by atoms with van der Waals surface area (Å²) in [5, 5.41) is 9.14. The number of aromatic nitrogens is 1. The molecule has 1 aromatic rings. The van der Waals surface area contributed by atoms with Crippen LogP contribution in [0.3, 0.4) is 0 Å². The summed E-state index contributed by atoms with van der Waals surface area (Å²) in [4.78, 5) is 0. The van der Waals surface area contributed by atoms with Crippen molar-refractivity contribution in [2.75, 3.05) is 6.61 Å². The van der Waals surface area contributed by atoms with Crippen LogP contribution in [0.2, 0.25) is 0 Å². The van der Waals surface area contributed by atoms with Gasteiger partial charge in [0.1, 0.15) is 0 Å². The highest BCUT2D eigenvalue weighted by molar-refractivity contribution is 5.12. The zero-order valence-electron chi connectivity index (χ0n) is 7.45. The summed E-state index contributed by atoms with van der Waals surface area (Å²) in [6.45, 7) is 0.345. The average Bonchev–Trinajstić information content (AvgIpc) is 2.74. The largest absolute Gasteiger partial charge is 0.396 e. The van der Waals surface area contributed by atoms with Crippen molar-refractivity contribution in [1.29, 1.82) is 0 Å². The number of aryl methyl sites for hydroxylation is 1. The first-order valence-electron chi connectivity index (χ1n) is 4.47. The van der Waals surface area contributed by atoms with Gasteiger partial charge >= 0.3 is 0 Å². The molecule has 2 heteroatoms. The highest BCUT2D eigenvalue weighted by atomic mass is 16.3. The average molecular weight is 165 g/mol. The van der Waals surface area contributed by atoms with Crippen molar-refractivity contribution in [2.45, 2.75) is 19.3 Å². The van der Waals surface area contributed by atoms with E-state index in [4.69, 9.17) is 5.11 Å². The zero-order chi connectivity index (χ0) is 8.60. The van der Waals surface area contributed by atoms with Crippen LogP contribution in [0.25, 0.3) is 0 Å². The van der Waals surface area contributed by atoms with Crippen LogP contribution < -0.4 is 0 Å². The van der Waals surface area contributed by atoms with Crippen molar-refractivity contribution < 1.29 is 5.11 Å². The standard InChI is InChI=1S/C10H15NO/c1-11-6-2-3-9(11)7-10(8-12)4-5-10/h2-3,6,12H,4-5,7-8H2,1H3. The predicted octanol–water partition coefficient (Wildman–Crippen LogP) is 1.34. The second-order valence-corrected chi connectivity index (χ2v) is 3.95. The van der Waals surface area contributed by atoms with Crippen LogP contribution in [0.15, 0.2) is 18.3 Å². The summed E-state index contributed by atoms with van der Waals surface area (Å²) in [7, 11) is 2.06. The molecule has 0 amide bonds. The monoisotopic (exact) mass is 165 g/mol. The molecule has 12 heavy (non-hydrogen) atoms. The summed E-state index contributed by atoms with van der Waals surface area (Å²) in [6.07, 6.45) is 5.47. The van der Waals surface area contributed by atoms with E-state index < -0.39 is 0 Å². The van der Waals surface area contributed by atoms with E-state index in [1.165, 1.54) is 18.5 Å². The topological polar surface area (TPSA) is 25.2 Å². The molecule has 2 rings (SSSR count). The van der Waals surface area contributed by atoms with Crippen molar-refractivity contribution >= 4 is 0 Å². The molecule has 66 valence electrons. The number of hydrogen-bond donors (Lipinski definition) is 1. The fraction of sp³-hybridized carbons (Fsp3) is 0.600. The Hall–Kier alpha value is -0.760. The Bertz CT molecular complexity index is 273. The normalized spacial score (nSPS) is 19.5. The van der Waals surface area contributed by atoms with Gasteiger partial charge < -0.3 is 9.67 Å². The SMILES string of the molecule is Cn1cccc1CC1(CO)CC1. The molecule has 0 spiro atoms. The highest BCUT2D eigenvalue weighted by Crippen LogP contribution is 2.47. The lowest BCUT2D eigenvalue weighted by Gasteiger charge is -2.11. The summed E-state index contributed by atoms with van der Waals surface area (Å²) in [5.41, 5.74) is 1.58. The third kappa shape index (κ3) is 1.27. The molecule has 1 aromatic heterocycles. The first kappa shape index (κ1) is 7.87. The Morgan fingerprint density at radius 3 is 2.75 bits per heavy atom. The molecule has 0 bridgehead atoms. The Labute approximate surface area is 72.8 Å². The van der Waals surface area contributed by atoms with Crippen LogP contribution in [-0.2, 0) is 13.5 Å². The van der Waals surface area contributed by atoms with E-state index in [9.17, 15) is 0 Å². The van der Waals surface area contributed by atoms with E-state index in [-0.39, 0.29) is 5.41 Å². The molecule has 1 saturated carbocycles. The Balaban J connectivity index is 2.08. The first-order chi connectivity index (χ1) is 5.76. The third-order valence-electron chi connectivity index (χ3n) is 2.90. The second-order valence-electron chi connectivity index (χ2n) is 3.95. The van der Waals surface area contributed by atoms with Gasteiger partial charge in [-0.05, 0) is 36.8 Å². The molecule has 0 saturated heterocycles. The lowest BCUT2D eigenvalue weighted by Crippen LogP contribution is -2.12. The van der Waals surface area contributed by atoms with Gasteiger partial charge in [-0.25, -0.2) is 0 Å². The maximum Gasteiger partial charge on any atom is 0.0491 e. The number of aliphatic hydroxyl groups is 1. The molecule has 2 nitrogen and oxygen atoms in total. The van der Waals surface area contributed by atoms with Gasteiger partial charge in [0.25, 0.3) is 0 Å².